The van der Waals surface area contributed by atoms with Gasteiger partial charge in [0.1, 0.15) is 12.4 Å². The highest BCUT2D eigenvalue weighted by atomic mass is 16.5. The lowest BCUT2D eigenvalue weighted by molar-refractivity contribution is 0.143. The number of nitrogens with zero attached hydrogens (tertiary/aromatic N) is 2. The number of amidine groups is 1. The fraction of sp³-hybridized carbons (Fsp3) is 0.500. The number of ether oxygens (including phenoxy) is 2. The number of methoxy groups -OCH3 is 1. The van der Waals surface area contributed by atoms with E-state index in [0.717, 1.165) is 11.3 Å². The van der Waals surface area contributed by atoms with Crippen molar-refractivity contribution in [1.82, 2.24) is 10.2 Å². The summed E-state index contributed by atoms with van der Waals surface area (Å²) in [5.74, 6) is 0.218. The van der Waals surface area contributed by atoms with Crippen LogP contribution in [0.3, 0.4) is 0 Å². The summed E-state index contributed by atoms with van der Waals surface area (Å²) in [7, 11) is 1.58. The van der Waals surface area contributed by atoms with Gasteiger partial charge in [-0.1, -0.05) is 0 Å². The summed E-state index contributed by atoms with van der Waals surface area (Å²) in [6.07, 6.45) is 0. The molecular formula is C10H16N4O2. The average molecular weight is 224 g/mol. The molecule has 16 heavy (non-hydrogen) atoms. The van der Waals surface area contributed by atoms with Crippen LogP contribution in [-0.4, -0.2) is 36.4 Å². The first-order chi connectivity index (χ1) is 7.57. The van der Waals surface area contributed by atoms with Gasteiger partial charge < -0.3 is 15.2 Å². The molecule has 0 saturated heterocycles. The van der Waals surface area contributed by atoms with Crippen LogP contribution in [0.5, 0.6) is 5.88 Å². The van der Waals surface area contributed by atoms with Crippen molar-refractivity contribution in [3.8, 4) is 5.88 Å². The maximum atomic E-state index is 7.49. The van der Waals surface area contributed by atoms with Gasteiger partial charge in [0.05, 0.1) is 17.9 Å². The molecule has 0 unspecified atom stereocenters. The van der Waals surface area contributed by atoms with E-state index in [2.05, 4.69) is 10.2 Å². The Balaban J connectivity index is 2.99. The minimum Gasteiger partial charge on any atom is -0.474 e. The smallest absolute Gasteiger partial charge is 0.244 e. The number of rotatable bonds is 5. The van der Waals surface area contributed by atoms with E-state index >= 15 is 0 Å². The average Bonchev–Trinajstić information content (AvgIpc) is 2.23. The van der Waals surface area contributed by atoms with Gasteiger partial charge in [-0.05, 0) is 19.4 Å². The Kier molecular flexibility index (Phi) is 4.19. The molecule has 0 bridgehead atoms. The van der Waals surface area contributed by atoms with E-state index in [1.165, 1.54) is 0 Å². The minimum absolute atomic E-state index is 0.0667. The zero-order chi connectivity index (χ0) is 12.1. The van der Waals surface area contributed by atoms with Gasteiger partial charge in [-0.3, -0.25) is 5.41 Å². The Hall–Kier alpha value is -1.69. The third-order valence-electron chi connectivity index (χ3n) is 2.22. The predicted molar refractivity (Wildman–Crippen MR) is 59.9 cm³/mol. The molecule has 0 aliphatic rings. The van der Waals surface area contributed by atoms with Gasteiger partial charge in [0, 0.05) is 7.11 Å². The number of nitrogen functional groups attached to an aromatic ring is 1. The van der Waals surface area contributed by atoms with Gasteiger partial charge >= 0.3 is 0 Å². The molecule has 0 atom stereocenters. The number of hydrogen-bond acceptors (Lipinski definition) is 5. The van der Waals surface area contributed by atoms with Crippen LogP contribution >= 0.6 is 0 Å². The van der Waals surface area contributed by atoms with Crippen LogP contribution in [0.1, 0.15) is 16.8 Å². The summed E-state index contributed by atoms with van der Waals surface area (Å²) in [5.41, 5.74) is 7.55. The number of hydrogen-bond donors (Lipinski definition) is 2. The fourth-order valence-corrected chi connectivity index (χ4v) is 1.23. The van der Waals surface area contributed by atoms with Crippen molar-refractivity contribution in [3.63, 3.8) is 0 Å². The van der Waals surface area contributed by atoms with E-state index in [1.807, 2.05) is 13.8 Å². The van der Waals surface area contributed by atoms with Gasteiger partial charge in [0.15, 0.2) is 0 Å². The van der Waals surface area contributed by atoms with Gasteiger partial charge in [0.25, 0.3) is 0 Å². The lowest BCUT2D eigenvalue weighted by atomic mass is 10.1. The first-order valence-corrected chi connectivity index (χ1v) is 4.88. The van der Waals surface area contributed by atoms with Crippen molar-refractivity contribution in [2.24, 2.45) is 5.73 Å². The molecule has 1 aromatic heterocycles. The molecule has 1 heterocycles. The lowest BCUT2D eigenvalue weighted by Gasteiger charge is -2.11. The molecule has 1 rings (SSSR count). The van der Waals surface area contributed by atoms with E-state index in [4.69, 9.17) is 20.6 Å². The summed E-state index contributed by atoms with van der Waals surface area (Å²) in [6, 6.07) is 0. The molecule has 6 heteroatoms. The van der Waals surface area contributed by atoms with Gasteiger partial charge in [-0.25, -0.2) is 0 Å². The predicted octanol–water partition coefficient (Wildman–Crippen LogP) is 0.403. The van der Waals surface area contributed by atoms with Crippen LogP contribution in [0.25, 0.3) is 0 Å². The van der Waals surface area contributed by atoms with Gasteiger partial charge in [-0.2, -0.15) is 5.10 Å². The molecule has 6 nitrogen and oxygen atoms in total. The molecule has 0 spiro atoms. The zero-order valence-electron chi connectivity index (χ0n) is 9.70. The molecule has 0 radical (unpaired) electrons. The zero-order valence-corrected chi connectivity index (χ0v) is 9.70. The standard InChI is InChI=1S/C10H16N4O2/c1-6-7(2)13-14-10(8(6)9(11)12)16-5-4-15-3/h4-5H2,1-3H3,(H3,11,12). The molecule has 0 aliphatic carbocycles. The molecule has 0 amide bonds. The van der Waals surface area contributed by atoms with E-state index in [-0.39, 0.29) is 11.7 Å². The Labute approximate surface area is 94.3 Å². The molecule has 0 aliphatic heterocycles. The molecule has 0 saturated carbocycles. The second kappa shape index (κ2) is 5.41. The minimum atomic E-state index is -0.0667. The number of aryl methyl sites for hydroxylation is 1. The van der Waals surface area contributed by atoms with Crippen LogP contribution in [0, 0.1) is 19.3 Å². The molecular weight excluding hydrogens is 208 g/mol. The molecule has 0 aromatic carbocycles. The maximum absolute atomic E-state index is 7.49. The van der Waals surface area contributed by atoms with Crippen molar-refractivity contribution in [2.45, 2.75) is 13.8 Å². The Morgan fingerprint density at radius 3 is 2.56 bits per heavy atom. The van der Waals surface area contributed by atoms with Crippen LogP contribution in [-0.2, 0) is 4.74 Å². The van der Waals surface area contributed by atoms with E-state index < -0.39 is 0 Å². The third kappa shape index (κ3) is 2.66. The molecule has 88 valence electrons. The second-order valence-electron chi connectivity index (χ2n) is 3.35. The first-order valence-electron chi connectivity index (χ1n) is 4.88. The van der Waals surface area contributed by atoms with Gasteiger partial charge in [-0.15, -0.1) is 5.10 Å². The maximum Gasteiger partial charge on any atom is 0.244 e. The number of nitrogens with one attached hydrogen (secondary N) is 1. The largest absolute Gasteiger partial charge is 0.474 e. The second-order valence-corrected chi connectivity index (χ2v) is 3.35. The first kappa shape index (κ1) is 12.4. The van der Waals surface area contributed by atoms with Crippen molar-refractivity contribution < 1.29 is 9.47 Å². The number of nitrogens with two attached hydrogens (primary N) is 1. The quantitative estimate of drug-likeness (QED) is 0.429. The summed E-state index contributed by atoms with van der Waals surface area (Å²) in [4.78, 5) is 0. The van der Waals surface area contributed by atoms with E-state index in [1.54, 1.807) is 7.11 Å². The number of aromatic nitrogens is 2. The summed E-state index contributed by atoms with van der Waals surface area (Å²) in [5, 5.41) is 15.3. The molecule has 1 aromatic rings. The van der Waals surface area contributed by atoms with Crippen LogP contribution < -0.4 is 10.5 Å². The monoisotopic (exact) mass is 224 g/mol. The van der Waals surface area contributed by atoms with Crippen LogP contribution in [0.2, 0.25) is 0 Å². The highest BCUT2D eigenvalue weighted by Gasteiger charge is 2.14. The Bertz CT molecular complexity index is 393. The van der Waals surface area contributed by atoms with Crippen LogP contribution in [0.4, 0.5) is 0 Å². The van der Waals surface area contributed by atoms with Crippen molar-refractivity contribution in [1.29, 1.82) is 5.41 Å². The lowest BCUT2D eigenvalue weighted by Crippen LogP contribution is -2.18. The fourth-order valence-electron chi connectivity index (χ4n) is 1.23. The summed E-state index contributed by atoms with van der Waals surface area (Å²) < 4.78 is 10.2. The third-order valence-corrected chi connectivity index (χ3v) is 2.22. The summed E-state index contributed by atoms with van der Waals surface area (Å²) >= 11 is 0. The van der Waals surface area contributed by atoms with Crippen molar-refractivity contribution in [2.75, 3.05) is 20.3 Å². The highest BCUT2D eigenvalue weighted by Crippen LogP contribution is 2.19. The normalized spacial score (nSPS) is 10.2. The molecule has 3 N–H and O–H groups in total. The van der Waals surface area contributed by atoms with Crippen LogP contribution in [0.15, 0.2) is 0 Å². The van der Waals surface area contributed by atoms with E-state index in [0.29, 0.717) is 18.8 Å². The van der Waals surface area contributed by atoms with Crippen molar-refractivity contribution in [3.05, 3.63) is 16.8 Å². The van der Waals surface area contributed by atoms with Gasteiger partial charge in [0.2, 0.25) is 5.88 Å². The Morgan fingerprint density at radius 1 is 1.31 bits per heavy atom. The molecule has 0 fully saturated rings. The SMILES string of the molecule is COCCOc1nnc(C)c(C)c1C(=N)N. The van der Waals surface area contributed by atoms with E-state index in [9.17, 15) is 0 Å². The topological polar surface area (TPSA) is 94.1 Å². The highest BCUT2D eigenvalue weighted by molar-refractivity contribution is 5.98. The van der Waals surface area contributed by atoms with Crippen molar-refractivity contribution >= 4 is 5.84 Å². The Morgan fingerprint density at radius 2 is 2.00 bits per heavy atom. The summed E-state index contributed by atoms with van der Waals surface area (Å²) in [6.45, 7) is 4.46.